The predicted molar refractivity (Wildman–Crippen MR) is 97.3 cm³/mol. The van der Waals surface area contributed by atoms with Crippen molar-refractivity contribution >= 4 is 28.4 Å². The van der Waals surface area contributed by atoms with Crippen LogP contribution in [0.2, 0.25) is 0 Å². The molecular formula is C19H14N2O5. The Balaban J connectivity index is 2.00. The summed E-state index contributed by atoms with van der Waals surface area (Å²) in [7, 11) is 1.53. The third kappa shape index (κ3) is 2.98. The van der Waals surface area contributed by atoms with E-state index in [2.05, 4.69) is 0 Å². The second kappa shape index (κ2) is 6.64. The third-order valence-electron chi connectivity index (χ3n) is 4.05. The summed E-state index contributed by atoms with van der Waals surface area (Å²) in [4.78, 5) is 35.0. The van der Waals surface area contributed by atoms with Crippen molar-refractivity contribution in [1.29, 1.82) is 0 Å². The summed E-state index contributed by atoms with van der Waals surface area (Å²) < 4.78 is 1.31. The molecule has 0 fully saturated rings. The van der Waals surface area contributed by atoms with Gasteiger partial charge in [-0.05, 0) is 35.9 Å². The van der Waals surface area contributed by atoms with Crippen molar-refractivity contribution in [1.82, 2.24) is 4.57 Å². The number of ketones is 1. The van der Waals surface area contributed by atoms with Gasteiger partial charge in [0.2, 0.25) is 0 Å². The standard InChI is InChI=1S/C19H14N2O5/c1-20-15-5-3-2-4-14(15)18(23)17(19(20)24)16(22)11-8-12-6-9-13(10-7-12)21(25)26/h2-11,23H,1H3. The number of allylic oxidation sites excluding steroid dienone is 1. The number of pyridine rings is 1. The van der Waals surface area contributed by atoms with Crippen molar-refractivity contribution in [2.24, 2.45) is 7.05 Å². The number of carbonyl (C=O) groups excluding carboxylic acids is 1. The lowest BCUT2D eigenvalue weighted by Gasteiger charge is -2.09. The zero-order valence-corrected chi connectivity index (χ0v) is 13.7. The number of para-hydroxylation sites is 1. The van der Waals surface area contributed by atoms with Crippen LogP contribution in [-0.2, 0) is 7.05 Å². The average Bonchev–Trinajstić information content (AvgIpc) is 2.65. The Labute approximate surface area is 147 Å². The minimum absolute atomic E-state index is 0.0606. The molecule has 3 aromatic rings. The molecule has 1 heterocycles. The Morgan fingerprint density at radius 1 is 1.15 bits per heavy atom. The molecular weight excluding hydrogens is 336 g/mol. The van der Waals surface area contributed by atoms with Gasteiger partial charge in [-0.25, -0.2) is 0 Å². The van der Waals surface area contributed by atoms with Crippen LogP contribution in [0.1, 0.15) is 15.9 Å². The first-order chi connectivity index (χ1) is 12.4. The molecule has 0 saturated carbocycles. The Kier molecular flexibility index (Phi) is 4.36. The Morgan fingerprint density at radius 2 is 1.81 bits per heavy atom. The number of hydrogen-bond donors (Lipinski definition) is 1. The SMILES string of the molecule is Cn1c(=O)c(C(=O)C=Cc2ccc([N+](=O)[O-])cc2)c(O)c2ccccc21. The zero-order chi connectivity index (χ0) is 18.8. The van der Waals surface area contributed by atoms with Gasteiger partial charge in [-0.3, -0.25) is 19.7 Å². The molecule has 0 radical (unpaired) electrons. The maximum absolute atomic E-state index is 12.5. The van der Waals surface area contributed by atoms with Crippen molar-refractivity contribution in [3.05, 3.63) is 86.2 Å². The van der Waals surface area contributed by atoms with Crippen LogP contribution in [0.4, 0.5) is 5.69 Å². The van der Waals surface area contributed by atoms with E-state index in [1.54, 1.807) is 24.3 Å². The molecule has 0 spiro atoms. The highest BCUT2D eigenvalue weighted by Crippen LogP contribution is 2.26. The van der Waals surface area contributed by atoms with Crippen LogP contribution in [0.15, 0.2) is 59.4 Å². The normalized spacial score (nSPS) is 11.1. The first-order valence-corrected chi connectivity index (χ1v) is 7.67. The fourth-order valence-corrected chi connectivity index (χ4v) is 2.66. The minimum Gasteiger partial charge on any atom is -0.506 e. The molecule has 0 aliphatic heterocycles. The molecule has 7 nitrogen and oxygen atoms in total. The summed E-state index contributed by atoms with van der Waals surface area (Å²) in [5.74, 6) is -1.01. The van der Waals surface area contributed by atoms with E-state index in [0.29, 0.717) is 16.5 Å². The van der Waals surface area contributed by atoms with Gasteiger partial charge in [-0.2, -0.15) is 0 Å². The number of aromatic hydroxyl groups is 1. The predicted octanol–water partition coefficient (Wildman–Crippen LogP) is 3.05. The summed E-state index contributed by atoms with van der Waals surface area (Å²) in [6.07, 6.45) is 2.59. The zero-order valence-electron chi connectivity index (χ0n) is 13.7. The molecule has 0 saturated heterocycles. The monoisotopic (exact) mass is 350 g/mol. The van der Waals surface area contributed by atoms with Gasteiger partial charge in [0, 0.05) is 24.6 Å². The lowest BCUT2D eigenvalue weighted by molar-refractivity contribution is -0.384. The molecule has 130 valence electrons. The summed E-state index contributed by atoms with van der Waals surface area (Å²) in [5.41, 5.74) is 0.102. The van der Waals surface area contributed by atoms with Crippen molar-refractivity contribution < 1.29 is 14.8 Å². The number of aryl methyl sites for hydroxylation is 1. The van der Waals surface area contributed by atoms with Crippen LogP contribution in [0, 0.1) is 10.1 Å². The number of benzene rings is 2. The Hall–Kier alpha value is -3.74. The second-order valence-corrected chi connectivity index (χ2v) is 5.65. The van der Waals surface area contributed by atoms with E-state index < -0.39 is 16.3 Å². The highest BCUT2D eigenvalue weighted by molar-refractivity contribution is 6.11. The molecule has 2 aromatic carbocycles. The summed E-state index contributed by atoms with van der Waals surface area (Å²) >= 11 is 0. The highest BCUT2D eigenvalue weighted by atomic mass is 16.6. The van der Waals surface area contributed by atoms with Crippen molar-refractivity contribution in [3.63, 3.8) is 0 Å². The number of nitro benzene ring substituents is 1. The number of carbonyl (C=O) groups is 1. The van der Waals surface area contributed by atoms with Crippen molar-refractivity contribution in [2.75, 3.05) is 0 Å². The fraction of sp³-hybridized carbons (Fsp3) is 0.0526. The van der Waals surface area contributed by atoms with Crippen LogP contribution >= 0.6 is 0 Å². The second-order valence-electron chi connectivity index (χ2n) is 5.65. The van der Waals surface area contributed by atoms with E-state index in [1.165, 1.54) is 42.0 Å². The molecule has 3 rings (SSSR count). The Morgan fingerprint density at radius 3 is 2.46 bits per heavy atom. The van der Waals surface area contributed by atoms with Crippen LogP contribution in [0.5, 0.6) is 5.75 Å². The number of hydrogen-bond acceptors (Lipinski definition) is 5. The van der Waals surface area contributed by atoms with Crippen molar-refractivity contribution in [2.45, 2.75) is 0 Å². The molecule has 7 heteroatoms. The number of rotatable bonds is 4. The Bertz CT molecular complexity index is 1110. The molecule has 1 N–H and O–H groups in total. The van der Waals surface area contributed by atoms with E-state index in [0.717, 1.165) is 6.08 Å². The van der Waals surface area contributed by atoms with Gasteiger partial charge < -0.3 is 9.67 Å². The molecule has 0 bridgehead atoms. The van der Waals surface area contributed by atoms with E-state index in [9.17, 15) is 24.8 Å². The van der Waals surface area contributed by atoms with E-state index in [4.69, 9.17) is 0 Å². The lowest BCUT2D eigenvalue weighted by atomic mass is 10.1. The quantitative estimate of drug-likeness (QED) is 0.337. The molecule has 0 unspecified atom stereocenters. The maximum atomic E-state index is 12.5. The van der Waals surface area contributed by atoms with Crippen molar-refractivity contribution in [3.8, 4) is 5.75 Å². The molecule has 0 aliphatic rings. The number of fused-ring (bicyclic) bond motifs is 1. The number of nitrogens with zero attached hydrogens (tertiary/aromatic N) is 2. The van der Waals surface area contributed by atoms with Crippen LogP contribution in [0.3, 0.4) is 0 Å². The maximum Gasteiger partial charge on any atom is 0.269 e. The van der Waals surface area contributed by atoms with Gasteiger partial charge >= 0.3 is 0 Å². The van der Waals surface area contributed by atoms with Crippen LogP contribution < -0.4 is 5.56 Å². The highest BCUT2D eigenvalue weighted by Gasteiger charge is 2.19. The van der Waals surface area contributed by atoms with E-state index in [1.807, 2.05) is 0 Å². The first-order valence-electron chi connectivity index (χ1n) is 7.67. The van der Waals surface area contributed by atoms with Gasteiger partial charge in [0.15, 0.2) is 5.78 Å². The molecule has 0 amide bonds. The number of aromatic nitrogens is 1. The van der Waals surface area contributed by atoms with Gasteiger partial charge in [0.1, 0.15) is 11.3 Å². The minimum atomic E-state index is -0.646. The smallest absolute Gasteiger partial charge is 0.269 e. The summed E-state index contributed by atoms with van der Waals surface area (Å²) in [6, 6.07) is 12.3. The molecule has 1 aromatic heterocycles. The third-order valence-corrected chi connectivity index (χ3v) is 4.05. The molecule has 0 aliphatic carbocycles. The molecule has 0 atom stereocenters. The van der Waals surface area contributed by atoms with Gasteiger partial charge in [-0.15, -0.1) is 0 Å². The fourth-order valence-electron chi connectivity index (χ4n) is 2.66. The first kappa shape index (κ1) is 17.1. The summed E-state index contributed by atoms with van der Waals surface area (Å²) in [5, 5.41) is 21.4. The summed E-state index contributed by atoms with van der Waals surface area (Å²) in [6.45, 7) is 0. The number of non-ortho nitro benzene ring substituents is 1. The van der Waals surface area contributed by atoms with Crippen LogP contribution in [-0.4, -0.2) is 20.4 Å². The van der Waals surface area contributed by atoms with Gasteiger partial charge in [-0.1, -0.05) is 18.2 Å². The number of nitro groups is 1. The lowest BCUT2D eigenvalue weighted by Crippen LogP contribution is -2.24. The topological polar surface area (TPSA) is 102 Å². The average molecular weight is 350 g/mol. The van der Waals surface area contributed by atoms with E-state index in [-0.39, 0.29) is 17.0 Å². The van der Waals surface area contributed by atoms with Crippen LogP contribution in [0.25, 0.3) is 17.0 Å². The molecule has 26 heavy (non-hydrogen) atoms. The largest absolute Gasteiger partial charge is 0.506 e. The van der Waals surface area contributed by atoms with E-state index >= 15 is 0 Å². The van der Waals surface area contributed by atoms with Gasteiger partial charge in [0.25, 0.3) is 11.2 Å². The van der Waals surface area contributed by atoms with Gasteiger partial charge in [0.05, 0.1) is 10.4 Å².